The molecule has 1 aromatic carbocycles. The lowest BCUT2D eigenvalue weighted by atomic mass is 10.1. The largest absolute Gasteiger partial charge is 0.320 e. The molecule has 0 saturated carbocycles. The summed E-state index contributed by atoms with van der Waals surface area (Å²) >= 11 is 0. The Balaban J connectivity index is 2.18. The number of nitrogens with one attached hydrogen (secondary N) is 1. The van der Waals surface area contributed by atoms with Crippen molar-refractivity contribution in [1.29, 1.82) is 0 Å². The zero-order valence-electron chi connectivity index (χ0n) is 13.7. The summed E-state index contributed by atoms with van der Waals surface area (Å²) < 4.78 is 1.55. The van der Waals surface area contributed by atoms with Crippen molar-refractivity contribution in [3.8, 4) is 11.5 Å². The topological polar surface area (TPSA) is 46.9 Å². The first kappa shape index (κ1) is 16.1. The van der Waals surface area contributed by atoms with Gasteiger partial charge in [0, 0.05) is 24.5 Å². The van der Waals surface area contributed by atoms with E-state index in [4.69, 9.17) is 0 Å². The lowest BCUT2D eigenvalue weighted by molar-refractivity contribution is 0.101. The van der Waals surface area contributed by atoms with Gasteiger partial charge in [0.1, 0.15) is 13.8 Å². The Kier molecular flexibility index (Phi) is 4.53. The van der Waals surface area contributed by atoms with Crippen molar-refractivity contribution in [3.05, 3.63) is 47.3 Å². The Morgan fingerprint density at radius 2 is 2.00 bits per heavy atom. The molecule has 0 unspecified atom stereocenters. The van der Waals surface area contributed by atoms with Crippen molar-refractivity contribution in [2.24, 2.45) is 7.05 Å². The van der Waals surface area contributed by atoms with Crippen LogP contribution in [-0.4, -0.2) is 23.8 Å². The Hall–Kier alpha value is -2.32. The lowest BCUT2D eigenvalue weighted by Crippen LogP contribution is -2.17. The average Bonchev–Trinajstić information content (AvgIpc) is 2.84. The number of amides is 1. The second kappa shape index (κ2) is 6.20. The Morgan fingerprint density at radius 3 is 2.55 bits per heavy atom. The predicted octanol–water partition coefficient (Wildman–Crippen LogP) is 3.21. The van der Waals surface area contributed by atoms with E-state index in [9.17, 15) is 4.79 Å². The minimum Gasteiger partial charge on any atom is -0.320 e. The van der Waals surface area contributed by atoms with Crippen LogP contribution in [0.15, 0.2) is 30.5 Å². The van der Waals surface area contributed by atoms with E-state index in [0.29, 0.717) is 5.69 Å². The van der Waals surface area contributed by atoms with Crippen molar-refractivity contribution in [2.45, 2.75) is 26.6 Å². The minimum absolute atomic E-state index is 0.163. The number of hydrogen-bond donors (Lipinski definition) is 1. The van der Waals surface area contributed by atoms with Crippen LogP contribution < -0.4 is 5.32 Å². The fourth-order valence-electron chi connectivity index (χ4n) is 1.92. The van der Waals surface area contributed by atoms with E-state index in [1.165, 1.54) is 0 Å². The van der Waals surface area contributed by atoms with E-state index in [-0.39, 0.29) is 5.91 Å². The molecule has 0 bridgehead atoms. The summed E-state index contributed by atoms with van der Waals surface area (Å²) in [7, 11) is 0.366. The highest BCUT2D eigenvalue weighted by Crippen LogP contribution is 2.17. The fourth-order valence-corrected chi connectivity index (χ4v) is 2.44. The molecule has 0 spiro atoms. The molecule has 0 aliphatic carbocycles. The number of nitrogens with zero attached hydrogens (tertiary/aromatic N) is 2. The fraction of sp³-hybridized carbons (Fsp3) is 0.294. The van der Waals surface area contributed by atoms with Crippen LogP contribution in [0.2, 0.25) is 19.6 Å². The zero-order chi connectivity index (χ0) is 16.3. The van der Waals surface area contributed by atoms with Gasteiger partial charge in [0.25, 0.3) is 5.91 Å². The molecule has 1 amide bonds. The maximum atomic E-state index is 12.2. The highest BCUT2D eigenvalue weighted by Gasteiger charge is 2.11. The van der Waals surface area contributed by atoms with E-state index in [1.54, 1.807) is 24.0 Å². The van der Waals surface area contributed by atoms with Gasteiger partial charge < -0.3 is 5.32 Å². The van der Waals surface area contributed by atoms with Crippen LogP contribution in [0.1, 0.15) is 21.6 Å². The Bertz CT molecular complexity index is 760. The average molecular weight is 311 g/mol. The summed E-state index contributed by atoms with van der Waals surface area (Å²) in [6, 6.07) is 7.54. The number of benzene rings is 1. The number of rotatable bonds is 2. The van der Waals surface area contributed by atoms with Crippen LogP contribution in [0, 0.1) is 18.4 Å². The zero-order valence-corrected chi connectivity index (χ0v) is 14.7. The van der Waals surface area contributed by atoms with Gasteiger partial charge in [0.15, 0.2) is 0 Å². The number of aromatic nitrogens is 2. The molecule has 114 valence electrons. The second-order valence-corrected chi connectivity index (χ2v) is 11.1. The van der Waals surface area contributed by atoms with E-state index >= 15 is 0 Å². The lowest BCUT2D eigenvalue weighted by Gasteiger charge is -2.09. The summed E-state index contributed by atoms with van der Waals surface area (Å²) in [5.41, 5.74) is 6.65. The molecule has 4 nitrogen and oxygen atoms in total. The summed E-state index contributed by atoms with van der Waals surface area (Å²) in [5, 5.41) is 6.92. The molecule has 22 heavy (non-hydrogen) atoms. The number of carbonyl (C=O) groups excluding carboxylic acids is 1. The highest BCUT2D eigenvalue weighted by molar-refractivity contribution is 6.83. The summed E-state index contributed by atoms with van der Waals surface area (Å²) in [4.78, 5) is 12.2. The van der Waals surface area contributed by atoms with Crippen LogP contribution in [-0.2, 0) is 7.05 Å². The molecule has 1 aromatic heterocycles. The number of carbonyl (C=O) groups is 1. The van der Waals surface area contributed by atoms with Crippen LogP contribution in [0.4, 0.5) is 5.69 Å². The van der Waals surface area contributed by atoms with E-state index < -0.39 is 8.07 Å². The van der Waals surface area contributed by atoms with Gasteiger partial charge in [0.2, 0.25) is 0 Å². The molecule has 0 fully saturated rings. The van der Waals surface area contributed by atoms with Gasteiger partial charge in [-0.1, -0.05) is 25.6 Å². The van der Waals surface area contributed by atoms with Crippen molar-refractivity contribution in [1.82, 2.24) is 9.78 Å². The maximum Gasteiger partial charge on any atom is 0.273 e. The molecule has 0 aliphatic rings. The van der Waals surface area contributed by atoms with Crippen molar-refractivity contribution in [3.63, 3.8) is 0 Å². The SMILES string of the molecule is Cc1cc(C#C[Si](C)(C)C)ccc1NC(=O)c1ccnn1C. The maximum absolute atomic E-state index is 12.2. The normalized spacial score (nSPS) is 10.8. The molecule has 1 N–H and O–H groups in total. The standard InChI is InChI=1S/C17H21N3OSi/c1-13-12-14(9-11-22(3,4)5)6-7-15(13)19-17(21)16-8-10-18-20(16)2/h6-8,10,12H,1-5H3,(H,19,21). The molecular weight excluding hydrogens is 290 g/mol. The molecule has 0 radical (unpaired) electrons. The van der Waals surface area contributed by atoms with Crippen molar-refractivity contribution in [2.75, 3.05) is 5.32 Å². The van der Waals surface area contributed by atoms with E-state index in [0.717, 1.165) is 16.8 Å². The van der Waals surface area contributed by atoms with Gasteiger partial charge in [-0.2, -0.15) is 5.10 Å². The number of hydrogen-bond acceptors (Lipinski definition) is 2. The first-order valence-corrected chi connectivity index (χ1v) is 10.7. The molecule has 2 aromatic rings. The van der Waals surface area contributed by atoms with Crippen molar-refractivity contribution >= 4 is 19.7 Å². The summed E-state index contributed by atoms with van der Waals surface area (Å²) in [6.45, 7) is 8.62. The van der Waals surface area contributed by atoms with Crippen LogP contribution >= 0.6 is 0 Å². The Labute approximate surface area is 132 Å². The molecule has 0 atom stereocenters. The smallest absolute Gasteiger partial charge is 0.273 e. The number of aryl methyl sites for hydroxylation is 2. The van der Waals surface area contributed by atoms with Crippen LogP contribution in [0.3, 0.4) is 0 Å². The number of anilines is 1. The monoisotopic (exact) mass is 311 g/mol. The quantitative estimate of drug-likeness (QED) is 0.684. The van der Waals surface area contributed by atoms with Crippen molar-refractivity contribution < 1.29 is 4.79 Å². The molecule has 1 heterocycles. The summed E-state index contributed by atoms with van der Waals surface area (Å²) in [6.07, 6.45) is 1.61. The summed E-state index contributed by atoms with van der Waals surface area (Å²) in [5.74, 6) is 3.06. The third-order valence-electron chi connectivity index (χ3n) is 3.11. The Morgan fingerprint density at radius 1 is 1.27 bits per heavy atom. The molecule has 2 rings (SSSR count). The van der Waals surface area contributed by atoms with Gasteiger partial charge in [-0.15, -0.1) is 5.54 Å². The second-order valence-electron chi connectivity index (χ2n) is 6.32. The van der Waals surface area contributed by atoms with Gasteiger partial charge in [-0.3, -0.25) is 9.48 Å². The first-order valence-electron chi connectivity index (χ1n) is 7.19. The van der Waals surface area contributed by atoms with Gasteiger partial charge in [-0.05, 0) is 36.8 Å². The molecule has 5 heteroatoms. The van der Waals surface area contributed by atoms with E-state index in [1.807, 2.05) is 25.1 Å². The third kappa shape index (κ3) is 4.09. The minimum atomic E-state index is -1.38. The highest BCUT2D eigenvalue weighted by atomic mass is 28.3. The van der Waals surface area contributed by atoms with Crippen LogP contribution in [0.25, 0.3) is 0 Å². The van der Waals surface area contributed by atoms with Gasteiger partial charge in [-0.25, -0.2) is 0 Å². The molecular formula is C17H21N3OSi. The molecule has 0 saturated heterocycles. The molecule has 0 aliphatic heterocycles. The van der Waals surface area contributed by atoms with E-state index in [2.05, 4.69) is 41.5 Å². The van der Waals surface area contributed by atoms with Gasteiger partial charge >= 0.3 is 0 Å². The first-order chi connectivity index (χ1) is 10.3. The van der Waals surface area contributed by atoms with Crippen LogP contribution in [0.5, 0.6) is 0 Å². The predicted molar refractivity (Wildman–Crippen MR) is 92.6 cm³/mol. The van der Waals surface area contributed by atoms with Gasteiger partial charge in [0.05, 0.1) is 0 Å². The third-order valence-corrected chi connectivity index (χ3v) is 3.98.